The molecule has 2 N–H and O–H groups in total. The van der Waals surface area contributed by atoms with Crippen molar-refractivity contribution >= 4 is 18.0 Å². The number of hydrogen-bond donors (Lipinski definition) is 2. The summed E-state index contributed by atoms with van der Waals surface area (Å²) in [4.78, 5) is 11.3. The minimum atomic E-state index is -0.746. The standard InChI is InChI=1S/C18H19FO3S/c1-12-8-16(21)7-4-14(12)9-17(10-20)23-11-18(22)13-2-5-15(19)6-3-13/h2-8,10,17-18,21-22H,9,11H2,1H3/t17-,18?/m1/s1. The van der Waals surface area contributed by atoms with E-state index in [9.17, 15) is 19.4 Å². The van der Waals surface area contributed by atoms with Gasteiger partial charge in [-0.1, -0.05) is 18.2 Å². The SMILES string of the molecule is Cc1cc(O)ccc1C[C@H](C=O)SCC(O)c1ccc(F)cc1. The first-order valence-electron chi connectivity index (χ1n) is 7.28. The Morgan fingerprint density at radius 2 is 1.91 bits per heavy atom. The van der Waals surface area contributed by atoms with Crippen LogP contribution in [0.4, 0.5) is 4.39 Å². The number of aldehydes is 1. The number of aliphatic hydroxyl groups excluding tert-OH is 1. The molecule has 23 heavy (non-hydrogen) atoms. The average Bonchev–Trinajstić information content (AvgIpc) is 2.53. The van der Waals surface area contributed by atoms with Crippen molar-refractivity contribution in [1.82, 2.24) is 0 Å². The van der Waals surface area contributed by atoms with Gasteiger partial charge in [0.1, 0.15) is 17.9 Å². The fraction of sp³-hybridized carbons (Fsp3) is 0.278. The maximum atomic E-state index is 12.9. The molecule has 0 heterocycles. The summed E-state index contributed by atoms with van der Waals surface area (Å²) in [6.07, 6.45) is 0.661. The van der Waals surface area contributed by atoms with Crippen LogP contribution in [-0.4, -0.2) is 27.5 Å². The predicted octanol–water partition coefficient (Wildman–Crippen LogP) is 3.42. The highest BCUT2D eigenvalue weighted by atomic mass is 32.2. The number of thioether (sulfide) groups is 1. The molecule has 0 saturated heterocycles. The number of carbonyl (C=O) groups is 1. The number of rotatable bonds is 7. The zero-order valence-corrected chi connectivity index (χ0v) is 13.6. The van der Waals surface area contributed by atoms with E-state index in [1.165, 1.54) is 23.9 Å². The van der Waals surface area contributed by atoms with Gasteiger partial charge in [0, 0.05) is 5.75 Å². The fourth-order valence-electron chi connectivity index (χ4n) is 2.27. The van der Waals surface area contributed by atoms with Crippen molar-refractivity contribution in [2.45, 2.75) is 24.7 Å². The molecule has 0 aliphatic carbocycles. The molecule has 0 saturated carbocycles. The van der Waals surface area contributed by atoms with Gasteiger partial charge >= 0.3 is 0 Å². The van der Waals surface area contributed by atoms with Gasteiger partial charge < -0.3 is 15.0 Å². The van der Waals surface area contributed by atoms with Crippen molar-refractivity contribution in [3.8, 4) is 5.75 Å². The topological polar surface area (TPSA) is 57.5 Å². The van der Waals surface area contributed by atoms with Crippen molar-refractivity contribution in [2.75, 3.05) is 5.75 Å². The van der Waals surface area contributed by atoms with Crippen LogP contribution in [0.15, 0.2) is 42.5 Å². The zero-order valence-electron chi connectivity index (χ0n) is 12.8. The maximum absolute atomic E-state index is 12.9. The molecule has 0 amide bonds. The van der Waals surface area contributed by atoms with E-state index in [0.717, 1.165) is 17.4 Å². The van der Waals surface area contributed by atoms with Gasteiger partial charge in [-0.3, -0.25) is 0 Å². The lowest BCUT2D eigenvalue weighted by molar-refractivity contribution is -0.107. The lowest BCUT2D eigenvalue weighted by Gasteiger charge is -2.15. The third-order valence-electron chi connectivity index (χ3n) is 3.62. The molecule has 2 aromatic rings. The molecule has 0 bridgehead atoms. The minimum absolute atomic E-state index is 0.202. The molecule has 0 spiro atoms. The van der Waals surface area contributed by atoms with Gasteiger partial charge in [0.25, 0.3) is 0 Å². The third-order valence-corrected chi connectivity index (χ3v) is 4.84. The molecule has 0 aromatic heterocycles. The van der Waals surface area contributed by atoms with Gasteiger partial charge in [-0.2, -0.15) is 0 Å². The monoisotopic (exact) mass is 334 g/mol. The van der Waals surface area contributed by atoms with Gasteiger partial charge in [-0.15, -0.1) is 11.8 Å². The Kier molecular flexibility index (Phi) is 6.19. The van der Waals surface area contributed by atoms with Crippen molar-refractivity contribution < 1.29 is 19.4 Å². The molecule has 122 valence electrons. The highest BCUT2D eigenvalue weighted by Gasteiger charge is 2.15. The van der Waals surface area contributed by atoms with E-state index in [0.29, 0.717) is 17.7 Å². The van der Waals surface area contributed by atoms with Crippen LogP contribution in [-0.2, 0) is 11.2 Å². The van der Waals surface area contributed by atoms with Crippen molar-refractivity contribution in [2.24, 2.45) is 0 Å². The molecule has 5 heteroatoms. The largest absolute Gasteiger partial charge is 0.508 e. The second-order valence-electron chi connectivity index (χ2n) is 5.39. The quantitative estimate of drug-likeness (QED) is 0.762. The maximum Gasteiger partial charge on any atom is 0.133 e. The Balaban J connectivity index is 1.94. The summed E-state index contributed by atoms with van der Waals surface area (Å²) in [5.74, 6) is 0.210. The lowest BCUT2D eigenvalue weighted by atomic mass is 10.0. The number of benzene rings is 2. The number of phenols is 1. The molecule has 0 radical (unpaired) electrons. The number of phenolic OH excluding ortho intramolecular Hbond substituents is 1. The predicted molar refractivity (Wildman–Crippen MR) is 90.2 cm³/mol. The van der Waals surface area contributed by atoms with Crippen molar-refractivity contribution in [1.29, 1.82) is 0 Å². The zero-order chi connectivity index (χ0) is 16.8. The number of aliphatic hydroxyl groups is 1. The molecule has 0 aliphatic rings. The van der Waals surface area contributed by atoms with Crippen LogP contribution < -0.4 is 0 Å². The van der Waals surface area contributed by atoms with E-state index in [2.05, 4.69) is 0 Å². The number of halogens is 1. The second-order valence-corrected chi connectivity index (χ2v) is 6.66. The summed E-state index contributed by atoms with van der Waals surface area (Å²) in [6.45, 7) is 1.88. The Bertz CT molecular complexity index is 658. The Morgan fingerprint density at radius 3 is 2.52 bits per heavy atom. The van der Waals surface area contributed by atoms with E-state index >= 15 is 0 Å². The first kappa shape index (κ1) is 17.5. The van der Waals surface area contributed by atoms with Gasteiger partial charge in [0.05, 0.1) is 11.4 Å². The number of aromatic hydroxyl groups is 1. The molecule has 1 unspecified atom stereocenters. The van der Waals surface area contributed by atoms with Crippen LogP contribution >= 0.6 is 11.8 Å². The van der Waals surface area contributed by atoms with E-state index in [-0.39, 0.29) is 16.8 Å². The summed E-state index contributed by atoms with van der Waals surface area (Å²) in [5.41, 5.74) is 2.55. The van der Waals surface area contributed by atoms with Crippen LogP contribution in [0.5, 0.6) is 5.75 Å². The summed E-state index contributed by atoms with van der Waals surface area (Å²) >= 11 is 1.36. The molecule has 3 nitrogen and oxygen atoms in total. The molecule has 0 fully saturated rings. The van der Waals surface area contributed by atoms with E-state index < -0.39 is 6.10 Å². The molecule has 0 aliphatic heterocycles. The van der Waals surface area contributed by atoms with Gasteiger partial charge in [-0.25, -0.2) is 4.39 Å². The Morgan fingerprint density at radius 1 is 1.22 bits per heavy atom. The fourth-order valence-corrected chi connectivity index (χ4v) is 3.27. The summed E-state index contributed by atoms with van der Waals surface area (Å²) in [6, 6.07) is 10.8. The Labute approximate surface area is 139 Å². The summed E-state index contributed by atoms with van der Waals surface area (Å²) in [5, 5.41) is 19.3. The van der Waals surface area contributed by atoms with E-state index in [4.69, 9.17) is 0 Å². The molecule has 2 rings (SSSR count). The first-order valence-corrected chi connectivity index (χ1v) is 8.33. The number of carbonyl (C=O) groups excluding carboxylic acids is 1. The highest BCUT2D eigenvalue weighted by Crippen LogP contribution is 2.25. The molecular formula is C18H19FO3S. The van der Waals surface area contributed by atoms with Crippen LogP contribution in [0.25, 0.3) is 0 Å². The van der Waals surface area contributed by atoms with Crippen LogP contribution in [0.1, 0.15) is 22.8 Å². The molecule has 2 aromatic carbocycles. The van der Waals surface area contributed by atoms with Crippen LogP contribution in [0.3, 0.4) is 0 Å². The smallest absolute Gasteiger partial charge is 0.133 e. The average molecular weight is 334 g/mol. The van der Waals surface area contributed by atoms with Crippen LogP contribution in [0.2, 0.25) is 0 Å². The molecule has 2 atom stereocenters. The first-order chi connectivity index (χ1) is 11.0. The van der Waals surface area contributed by atoms with Gasteiger partial charge in [-0.05, 0) is 54.3 Å². The Hall–Kier alpha value is -1.85. The second kappa shape index (κ2) is 8.13. The third kappa shape index (κ3) is 5.08. The van der Waals surface area contributed by atoms with Gasteiger partial charge in [0.2, 0.25) is 0 Å². The number of hydrogen-bond acceptors (Lipinski definition) is 4. The normalized spacial score (nSPS) is 13.5. The lowest BCUT2D eigenvalue weighted by Crippen LogP contribution is -2.13. The summed E-state index contributed by atoms with van der Waals surface area (Å²) in [7, 11) is 0. The number of aryl methyl sites for hydroxylation is 1. The van der Waals surface area contributed by atoms with Crippen molar-refractivity contribution in [3.63, 3.8) is 0 Å². The van der Waals surface area contributed by atoms with Crippen LogP contribution in [0, 0.1) is 12.7 Å². The van der Waals surface area contributed by atoms with E-state index in [1.54, 1.807) is 30.3 Å². The summed E-state index contributed by atoms with van der Waals surface area (Å²) < 4.78 is 12.9. The highest BCUT2D eigenvalue weighted by molar-refractivity contribution is 8.00. The molecular weight excluding hydrogens is 315 g/mol. The van der Waals surface area contributed by atoms with Crippen molar-refractivity contribution in [3.05, 3.63) is 65.0 Å². The van der Waals surface area contributed by atoms with Gasteiger partial charge in [0.15, 0.2) is 0 Å². The van der Waals surface area contributed by atoms with E-state index in [1.807, 2.05) is 6.92 Å². The minimum Gasteiger partial charge on any atom is -0.508 e.